The zero-order valence-corrected chi connectivity index (χ0v) is 33.5. The summed E-state index contributed by atoms with van der Waals surface area (Å²) >= 11 is 2.99. The fourth-order valence-electron chi connectivity index (χ4n) is 6.94. The van der Waals surface area contributed by atoms with Gasteiger partial charge in [-0.25, -0.2) is 23.6 Å². The van der Waals surface area contributed by atoms with Gasteiger partial charge in [-0.2, -0.15) is 0 Å². The molecule has 2 amide bonds. The summed E-state index contributed by atoms with van der Waals surface area (Å²) in [6.45, 7) is 7.90. The van der Waals surface area contributed by atoms with Crippen LogP contribution in [-0.2, 0) is 22.6 Å². The number of ether oxygens (including phenoxy) is 2. The molecule has 0 aliphatic carbocycles. The summed E-state index contributed by atoms with van der Waals surface area (Å²) in [6, 6.07) is 28.8. The third-order valence-corrected chi connectivity index (χ3v) is 11.7. The number of benzene rings is 4. The first-order chi connectivity index (χ1) is 28.5. The van der Waals surface area contributed by atoms with Crippen molar-refractivity contribution in [2.45, 2.75) is 13.1 Å². The Morgan fingerprint density at radius 3 is 1.33 bits per heavy atom. The maximum Gasteiger partial charge on any atom is 0.314 e. The lowest BCUT2D eigenvalue weighted by Gasteiger charge is -2.29. The highest BCUT2D eigenvalue weighted by Gasteiger charge is 2.16. The maximum atomic E-state index is 13.7. The average molecular weight is 823 g/mol. The largest absolute Gasteiger partial charge is 0.378 e. The Hall–Kier alpha value is -5.61. The highest BCUT2D eigenvalue weighted by molar-refractivity contribution is 7.07. The second kappa shape index (κ2) is 18.8. The minimum Gasteiger partial charge on any atom is -0.378 e. The molecule has 0 atom stereocenters. The quantitative estimate of drug-likeness (QED) is 0.137. The molecular formula is C43H44F2N8O3S2. The van der Waals surface area contributed by atoms with Gasteiger partial charge in [0.15, 0.2) is 9.60 Å². The van der Waals surface area contributed by atoms with Gasteiger partial charge in [-0.05, 0) is 83.9 Å². The van der Waals surface area contributed by atoms with Gasteiger partial charge >= 0.3 is 6.03 Å². The van der Waals surface area contributed by atoms with Crippen molar-refractivity contribution in [3.8, 4) is 22.5 Å². The van der Waals surface area contributed by atoms with Gasteiger partial charge in [0.1, 0.15) is 11.6 Å². The minimum absolute atomic E-state index is 0.298. The second-order valence-electron chi connectivity index (χ2n) is 13.8. The van der Waals surface area contributed by atoms with E-state index in [-0.39, 0.29) is 17.7 Å². The van der Waals surface area contributed by atoms with Crippen molar-refractivity contribution in [1.29, 1.82) is 0 Å². The van der Waals surface area contributed by atoms with Crippen LogP contribution in [0.2, 0.25) is 0 Å². The summed E-state index contributed by atoms with van der Waals surface area (Å²) in [7, 11) is 0. The summed E-state index contributed by atoms with van der Waals surface area (Å²) in [5.41, 5.74) is 7.57. The van der Waals surface area contributed by atoms with Gasteiger partial charge in [0.25, 0.3) is 0 Å². The smallest absolute Gasteiger partial charge is 0.314 e. The first-order valence-corrected chi connectivity index (χ1v) is 21.1. The molecule has 2 aliphatic rings. The Kier molecular flexibility index (Phi) is 12.7. The van der Waals surface area contributed by atoms with Crippen molar-refractivity contribution in [2.24, 2.45) is 9.98 Å². The number of amides is 2. The summed E-state index contributed by atoms with van der Waals surface area (Å²) in [6.07, 6.45) is 0. The van der Waals surface area contributed by atoms with Gasteiger partial charge in [-0.1, -0.05) is 24.3 Å². The van der Waals surface area contributed by atoms with Crippen LogP contribution in [0.4, 0.5) is 36.3 Å². The summed E-state index contributed by atoms with van der Waals surface area (Å²) in [5.74, 6) is -0.640. The Labute approximate surface area is 343 Å². The number of urea groups is 1. The van der Waals surface area contributed by atoms with Crippen molar-refractivity contribution >= 4 is 51.5 Å². The molecule has 0 bridgehead atoms. The topological polar surface area (TPSA) is 101 Å². The van der Waals surface area contributed by atoms with Gasteiger partial charge < -0.3 is 39.0 Å². The standard InChI is InChI=1S/C43H44F2N8O3S2/c44-33-5-9-35(10-6-33)48-42-52(39(29-57-42)31-1-13-37(14-2-31)50-21-25-55-26-22-50)19-17-46-41(54)47-18-20-53-40(30-58-43(53)49-36-11-7-34(45)8-12-36)32-3-15-38(16-4-32)51-23-27-56-28-24-51/h1-16,29-30H,17-28H2,(H2,46,47,54). The first-order valence-electron chi connectivity index (χ1n) is 19.3. The molecule has 58 heavy (non-hydrogen) atoms. The van der Waals surface area contributed by atoms with Crippen LogP contribution < -0.4 is 30.0 Å². The lowest BCUT2D eigenvalue weighted by atomic mass is 10.1. The monoisotopic (exact) mass is 822 g/mol. The molecule has 0 radical (unpaired) electrons. The molecule has 2 fully saturated rings. The van der Waals surface area contributed by atoms with E-state index in [1.165, 1.54) is 46.9 Å². The number of hydrogen-bond donors (Lipinski definition) is 2. The molecule has 8 rings (SSSR count). The third kappa shape index (κ3) is 9.73. The molecule has 6 aromatic rings. The molecule has 15 heteroatoms. The van der Waals surface area contributed by atoms with Crippen LogP contribution in [0.5, 0.6) is 0 Å². The Morgan fingerprint density at radius 2 is 0.948 bits per heavy atom. The summed E-state index contributed by atoms with van der Waals surface area (Å²) < 4.78 is 42.6. The van der Waals surface area contributed by atoms with Gasteiger partial charge in [0.05, 0.1) is 49.2 Å². The highest BCUT2D eigenvalue weighted by atomic mass is 32.1. The van der Waals surface area contributed by atoms with E-state index in [4.69, 9.17) is 19.5 Å². The van der Waals surface area contributed by atoms with Gasteiger partial charge in [-0.3, -0.25) is 0 Å². The Bertz CT molecular complexity index is 2250. The van der Waals surface area contributed by atoms with Crippen molar-refractivity contribution in [2.75, 3.05) is 75.5 Å². The number of nitrogens with one attached hydrogen (secondary N) is 2. The molecule has 2 N–H and O–H groups in total. The SMILES string of the molecule is O=C(NCCn1c(-c2ccc(N3CCOCC3)cc2)csc1=Nc1ccc(F)cc1)NCCn1c(-c2ccc(N3CCOCC3)cc2)csc1=Nc1ccc(F)cc1. The molecule has 2 aromatic heterocycles. The van der Waals surface area contributed by atoms with E-state index >= 15 is 0 Å². The van der Waals surface area contributed by atoms with Crippen molar-refractivity contribution in [1.82, 2.24) is 19.8 Å². The lowest BCUT2D eigenvalue weighted by molar-refractivity contribution is 0.122. The normalized spacial score (nSPS) is 15.2. The van der Waals surface area contributed by atoms with Crippen LogP contribution in [0.25, 0.3) is 22.5 Å². The number of carbonyl (C=O) groups is 1. The third-order valence-electron chi connectivity index (χ3n) is 10.0. The molecule has 4 aromatic carbocycles. The zero-order valence-electron chi connectivity index (χ0n) is 31.9. The van der Waals surface area contributed by atoms with E-state index in [0.717, 1.165) is 69.7 Å². The van der Waals surface area contributed by atoms with Crippen LogP contribution in [0, 0.1) is 11.6 Å². The lowest BCUT2D eigenvalue weighted by Crippen LogP contribution is -2.40. The molecule has 0 unspecified atom stereocenters. The highest BCUT2D eigenvalue weighted by Crippen LogP contribution is 2.27. The number of aromatic nitrogens is 2. The molecule has 11 nitrogen and oxygen atoms in total. The van der Waals surface area contributed by atoms with Crippen LogP contribution in [0.15, 0.2) is 118 Å². The molecular weight excluding hydrogens is 779 g/mol. The zero-order chi connectivity index (χ0) is 39.7. The number of nitrogens with zero attached hydrogens (tertiary/aromatic N) is 6. The molecule has 2 aliphatic heterocycles. The van der Waals surface area contributed by atoms with E-state index < -0.39 is 0 Å². The van der Waals surface area contributed by atoms with Gasteiger partial charge in [0.2, 0.25) is 0 Å². The number of hydrogen-bond acceptors (Lipinski definition) is 9. The maximum absolute atomic E-state index is 13.7. The molecule has 300 valence electrons. The van der Waals surface area contributed by atoms with E-state index in [9.17, 15) is 13.6 Å². The van der Waals surface area contributed by atoms with E-state index in [1.54, 1.807) is 24.3 Å². The predicted octanol–water partition coefficient (Wildman–Crippen LogP) is 7.16. The number of rotatable bonds is 12. The fourth-order valence-corrected chi connectivity index (χ4v) is 8.85. The van der Waals surface area contributed by atoms with Crippen LogP contribution >= 0.6 is 22.7 Å². The number of halogens is 2. The molecule has 2 saturated heterocycles. The summed E-state index contributed by atoms with van der Waals surface area (Å²) in [5, 5.41) is 10.2. The van der Waals surface area contributed by atoms with Crippen molar-refractivity contribution in [3.63, 3.8) is 0 Å². The Morgan fingerprint density at radius 1 is 0.569 bits per heavy atom. The van der Waals surface area contributed by atoms with E-state index in [1.807, 2.05) is 0 Å². The fraction of sp³-hybridized carbons (Fsp3) is 0.279. The van der Waals surface area contributed by atoms with Crippen LogP contribution in [-0.4, -0.2) is 80.9 Å². The van der Waals surface area contributed by atoms with Crippen molar-refractivity contribution < 1.29 is 23.0 Å². The van der Waals surface area contributed by atoms with E-state index in [0.29, 0.717) is 64.0 Å². The minimum atomic E-state index is -0.320. The molecule has 0 saturated carbocycles. The summed E-state index contributed by atoms with van der Waals surface area (Å²) in [4.78, 5) is 29.0. The second-order valence-corrected chi connectivity index (χ2v) is 15.4. The number of thiazole rings is 2. The van der Waals surface area contributed by atoms with Crippen LogP contribution in [0.1, 0.15) is 0 Å². The van der Waals surface area contributed by atoms with Gasteiger partial charge in [-0.15, -0.1) is 22.7 Å². The number of anilines is 2. The Balaban J connectivity index is 0.958. The van der Waals surface area contributed by atoms with Crippen LogP contribution in [0.3, 0.4) is 0 Å². The molecule has 0 spiro atoms. The number of morpholine rings is 2. The van der Waals surface area contributed by atoms with Crippen molar-refractivity contribution in [3.05, 3.63) is 129 Å². The molecule has 4 heterocycles. The average Bonchev–Trinajstić information content (AvgIpc) is 3.86. The van der Waals surface area contributed by atoms with E-state index in [2.05, 4.69) is 88.9 Å². The first kappa shape index (κ1) is 39.2. The number of carbonyl (C=O) groups excluding carboxylic acids is 1. The predicted molar refractivity (Wildman–Crippen MR) is 226 cm³/mol. The van der Waals surface area contributed by atoms with Gasteiger partial charge in [0, 0.05) is 74.5 Å².